The van der Waals surface area contributed by atoms with Gasteiger partial charge in [-0.05, 0) is 31.0 Å². The lowest BCUT2D eigenvalue weighted by Gasteiger charge is -2.18. The summed E-state index contributed by atoms with van der Waals surface area (Å²) in [5.41, 5.74) is 6.72. The summed E-state index contributed by atoms with van der Waals surface area (Å²) in [7, 11) is 2.10. The number of rotatable bonds is 7. The predicted molar refractivity (Wildman–Crippen MR) is 69.8 cm³/mol. The fourth-order valence-corrected chi connectivity index (χ4v) is 1.67. The Morgan fingerprint density at radius 2 is 2.12 bits per heavy atom. The molecule has 0 unspecified atom stereocenters. The van der Waals surface area contributed by atoms with E-state index in [1.54, 1.807) is 0 Å². The number of pyridine rings is 1. The molecule has 0 fully saturated rings. The van der Waals surface area contributed by atoms with Gasteiger partial charge >= 0.3 is 0 Å². The molecule has 1 aromatic heterocycles. The fourth-order valence-electron chi connectivity index (χ4n) is 1.67. The van der Waals surface area contributed by atoms with Gasteiger partial charge in [-0.15, -0.1) is 0 Å². The van der Waals surface area contributed by atoms with E-state index in [0.29, 0.717) is 6.54 Å². The molecule has 0 aromatic carbocycles. The fraction of sp³-hybridized carbons (Fsp3) is 0.615. The molecular weight excluding hydrogens is 198 g/mol. The van der Waals surface area contributed by atoms with E-state index in [9.17, 15) is 0 Å². The van der Waals surface area contributed by atoms with Crippen molar-refractivity contribution in [3.63, 3.8) is 0 Å². The van der Waals surface area contributed by atoms with Gasteiger partial charge in [0.2, 0.25) is 0 Å². The summed E-state index contributed by atoms with van der Waals surface area (Å²) in [6.07, 6.45) is 6.62. The minimum Gasteiger partial charge on any atom is -0.360 e. The molecule has 1 rings (SSSR count). The van der Waals surface area contributed by atoms with Gasteiger partial charge in [-0.25, -0.2) is 4.98 Å². The van der Waals surface area contributed by atoms with Crippen LogP contribution in [0.5, 0.6) is 0 Å². The highest BCUT2D eigenvalue weighted by molar-refractivity contribution is 5.38. The van der Waals surface area contributed by atoms with Crippen molar-refractivity contribution >= 4 is 5.82 Å². The molecule has 2 N–H and O–H groups in total. The number of anilines is 1. The maximum Gasteiger partial charge on any atom is 0.128 e. The molecule has 0 bridgehead atoms. The molecule has 0 amide bonds. The van der Waals surface area contributed by atoms with E-state index >= 15 is 0 Å². The van der Waals surface area contributed by atoms with Gasteiger partial charge in [-0.2, -0.15) is 0 Å². The average molecular weight is 221 g/mol. The topological polar surface area (TPSA) is 42.1 Å². The summed E-state index contributed by atoms with van der Waals surface area (Å²) in [5, 5.41) is 0. The first-order chi connectivity index (χ1) is 7.77. The Bertz CT molecular complexity index is 282. The number of hydrogen-bond acceptors (Lipinski definition) is 3. The zero-order valence-electron chi connectivity index (χ0n) is 10.4. The highest BCUT2D eigenvalue weighted by Crippen LogP contribution is 2.10. The van der Waals surface area contributed by atoms with Crippen LogP contribution < -0.4 is 10.6 Å². The van der Waals surface area contributed by atoms with Gasteiger partial charge < -0.3 is 10.6 Å². The molecule has 0 saturated carbocycles. The molecule has 0 aliphatic rings. The van der Waals surface area contributed by atoms with Crippen LogP contribution in [-0.4, -0.2) is 25.1 Å². The Hall–Kier alpha value is -1.09. The molecule has 1 heterocycles. The standard InChI is InChI=1S/C13H23N3/c1-3-4-5-10-16(2)13-7-6-12(8-9-14)11-15-13/h6-7,11H,3-5,8-10,14H2,1-2H3. The zero-order valence-corrected chi connectivity index (χ0v) is 10.4. The third-order valence-corrected chi connectivity index (χ3v) is 2.73. The molecule has 90 valence electrons. The number of unbranched alkanes of at least 4 members (excludes halogenated alkanes) is 2. The summed E-state index contributed by atoms with van der Waals surface area (Å²) in [4.78, 5) is 6.66. The van der Waals surface area contributed by atoms with Crippen molar-refractivity contribution in [1.29, 1.82) is 0 Å². The normalized spacial score (nSPS) is 10.4. The van der Waals surface area contributed by atoms with Crippen LogP contribution >= 0.6 is 0 Å². The minimum atomic E-state index is 0.688. The molecule has 1 aromatic rings. The molecular formula is C13H23N3. The third-order valence-electron chi connectivity index (χ3n) is 2.73. The van der Waals surface area contributed by atoms with Crippen LogP contribution in [0.2, 0.25) is 0 Å². The highest BCUT2D eigenvalue weighted by Gasteiger charge is 2.01. The lowest BCUT2D eigenvalue weighted by molar-refractivity contribution is 0.701. The first-order valence-electron chi connectivity index (χ1n) is 6.14. The van der Waals surface area contributed by atoms with Gasteiger partial charge in [0, 0.05) is 19.8 Å². The summed E-state index contributed by atoms with van der Waals surface area (Å²) < 4.78 is 0. The van der Waals surface area contributed by atoms with Crippen LogP contribution in [-0.2, 0) is 6.42 Å². The first kappa shape index (κ1) is 13.0. The van der Waals surface area contributed by atoms with Crippen molar-refractivity contribution in [3.05, 3.63) is 23.9 Å². The largest absolute Gasteiger partial charge is 0.360 e. The molecule has 3 nitrogen and oxygen atoms in total. The van der Waals surface area contributed by atoms with Gasteiger partial charge in [-0.1, -0.05) is 25.8 Å². The Morgan fingerprint density at radius 1 is 1.31 bits per heavy atom. The molecule has 0 aliphatic heterocycles. The van der Waals surface area contributed by atoms with Crippen molar-refractivity contribution in [3.8, 4) is 0 Å². The summed E-state index contributed by atoms with van der Waals surface area (Å²) in [5.74, 6) is 1.05. The number of hydrogen-bond donors (Lipinski definition) is 1. The summed E-state index contributed by atoms with van der Waals surface area (Å²) >= 11 is 0. The monoisotopic (exact) mass is 221 g/mol. The zero-order chi connectivity index (χ0) is 11.8. The van der Waals surface area contributed by atoms with E-state index in [2.05, 4.69) is 36.0 Å². The molecule has 16 heavy (non-hydrogen) atoms. The van der Waals surface area contributed by atoms with Gasteiger partial charge in [0.1, 0.15) is 5.82 Å². The Morgan fingerprint density at radius 3 is 2.69 bits per heavy atom. The van der Waals surface area contributed by atoms with Crippen LogP contribution in [0.3, 0.4) is 0 Å². The number of aromatic nitrogens is 1. The van der Waals surface area contributed by atoms with Crippen LogP contribution in [0.4, 0.5) is 5.82 Å². The van der Waals surface area contributed by atoms with E-state index in [1.165, 1.54) is 24.8 Å². The van der Waals surface area contributed by atoms with Gasteiger partial charge in [0.25, 0.3) is 0 Å². The van der Waals surface area contributed by atoms with Crippen molar-refractivity contribution in [2.24, 2.45) is 5.73 Å². The number of nitrogens with two attached hydrogens (primary N) is 1. The predicted octanol–water partition coefficient (Wildman–Crippen LogP) is 2.21. The Kier molecular flexibility index (Phi) is 5.86. The number of nitrogens with zero attached hydrogens (tertiary/aromatic N) is 2. The molecule has 0 radical (unpaired) electrons. The summed E-state index contributed by atoms with van der Waals surface area (Å²) in [6.45, 7) is 3.99. The second-order valence-electron chi connectivity index (χ2n) is 4.19. The molecule has 0 saturated heterocycles. The maximum atomic E-state index is 5.50. The van der Waals surface area contributed by atoms with Crippen molar-refractivity contribution in [1.82, 2.24) is 4.98 Å². The van der Waals surface area contributed by atoms with Crippen molar-refractivity contribution in [2.45, 2.75) is 32.6 Å². The third kappa shape index (κ3) is 4.19. The van der Waals surface area contributed by atoms with Gasteiger partial charge in [0.05, 0.1) is 0 Å². The van der Waals surface area contributed by atoms with E-state index in [-0.39, 0.29) is 0 Å². The Balaban J connectivity index is 2.46. The van der Waals surface area contributed by atoms with E-state index < -0.39 is 0 Å². The van der Waals surface area contributed by atoms with Crippen LogP contribution in [0.25, 0.3) is 0 Å². The summed E-state index contributed by atoms with van der Waals surface area (Å²) in [6, 6.07) is 4.20. The van der Waals surface area contributed by atoms with Gasteiger partial charge in [0.15, 0.2) is 0 Å². The van der Waals surface area contributed by atoms with Crippen molar-refractivity contribution in [2.75, 3.05) is 25.0 Å². The SMILES string of the molecule is CCCCCN(C)c1ccc(CCN)cn1. The Labute approximate surface area is 98.7 Å². The molecule has 0 atom stereocenters. The smallest absolute Gasteiger partial charge is 0.128 e. The van der Waals surface area contributed by atoms with Gasteiger partial charge in [-0.3, -0.25) is 0 Å². The van der Waals surface area contributed by atoms with Crippen LogP contribution in [0.1, 0.15) is 31.7 Å². The average Bonchev–Trinajstić information content (AvgIpc) is 2.30. The molecule has 3 heteroatoms. The highest BCUT2D eigenvalue weighted by atomic mass is 15.2. The van der Waals surface area contributed by atoms with Crippen molar-refractivity contribution < 1.29 is 0 Å². The minimum absolute atomic E-state index is 0.688. The van der Waals surface area contributed by atoms with E-state index in [4.69, 9.17) is 5.73 Å². The molecule has 0 spiro atoms. The second kappa shape index (κ2) is 7.23. The first-order valence-corrected chi connectivity index (χ1v) is 6.14. The molecule has 0 aliphatic carbocycles. The van der Waals surface area contributed by atoms with E-state index in [0.717, 1.165) is 18.8 Å². The van der Waals surface area contributed by atoms with Crippen LogP contribution in [0.15, 0.2) is 18.3 Å². The quantitative estimate of drug-likeness (QED) is 0.718. The van der Waals surface area contributed by atoms with Crippen LogP contribution in [0, 0.1) is 0 Å². The lowest BCUT2D eigenvalue weighted by Crippen LogP contribution is -2.19. The van der Waals surface area contributed by atoms with E-state index in [1.807, 2.05) is 6.20 Å². The maximum absolute atomic E-state index is 5.50. The lowest BCUT2D eigenvalue weighted by atomic mass is 10.2. The second-order valence-corrected chi connectivity index (χ2v) is 4.19.